The second-order valence-electron chi connectivity index (χ2n) is 4.14. The van der Waals surface area contributed by atoms with Crippen LogP contribution in [0.25, 0.3) is 0 Å². The number of rotatable bonds is 3. The number of nitrogens with zero attached hydrogens (tertiary/aromatic N) is 2. The minimum atomic E-state index is -4.50. The van der Waals surface area contributed by atoms with Crippen LogP contribution in [0.4, 0.5) is 13.2 Å². The zero-order valence-electron chi connectivity index (χ0n) is 10.9. The van der Waals surface area contributed by atoms with Gasteiger partial charge in [-0.2, -0.15) is 13.2 Å². The van der Waals surface area contributed by atoms with Crippen LogP contribution in [0.1, 0.15) is 18.1 Å². The van der Waals surface area contributed by atoms with E-state index in [1.54, 1.807) is 6.92 Å². The van der Waals surface area contributed by atoms with Gasteiger partial charge in [0.05, 0.1) is 11.3 Å². The molecule has 0 radical (unpaired) electrons. The molecule has 0 aliphatic heterocycles. The quantitative estimate of drug-likeness (QED) is 0.615. The van der Waals surface area contributed by atoms with E-state index in [0.717, 1.165) is 11.6 Å². The topological polar surface area (TPSA) is 34.5 Å². The van der Waals surface area contributed by atoms with Crippen LogP contribution < -0.4 is 4.84 Å². The number of halogens is 4. The van der Waals surface area contributed by atoms with Crippen LogP contribution in [-0.4, -0.2) is 10.7 Å². The Morgan fingerprint density at radius 1 is 1.24 bits per heavy atom. The number of benzene rings is 1. The zero-order chi connectivity index (χ0) is 15.5. The minimum Gasteiger partial charge on any atom is -0.335 e. The molecule has 0 bridgehead atoms. The predicted molar refractivity (Wildman–Crippen MR) is 73.5 cm³/mol. The van der Waals surface area contributed by atoms with E-state index < -0.39 is 11.7 Å². The van der Waals surface area contributed by atoms with Crippen molar-refractivity contribution in [1.82, 2.24) is 4.98 Å². The van der Waals surface area contributed by atoms with Crippen LogP contribution in [0.2, 0.25) is 5.02 Å². The fourth-order valence-electron chi connectivity index (χ4n) is 1.49. The molecule has 0 atom stereocenters. The van der Waals surface area contributed by atoms with Gasteiger partial charge in [-0.1, -0.05) is 47.1 Å². The highest BCUT2D eigenvalue weighted by atomic mass is 35.5. The van der Waals surface area contributed by atoms with Crippen LogP contribution in [0.5, 0.6) is 5.88 Å². The minimum absolute atomic E-state index is 0.181. The van der Waals surface area contributed by atoms with Gasteiger partial charge in [0, 0.05) is 6.20 Å². The normalized spacial score (nSPS) is 12.3. The molecule has 0 amide bonds. The molecule has 0 fully saturated rings. The molecule has 1 aromatic heterocycles. The molecule has 3 nitrogen and oxygen atoms in total. The second-order valence-corrected chi connectivity index (χ2v) is 4.55. The Labute approximate surface area is 124 Å². The number of alkyl halides is 3. The highest BCUT2D eigenvalue weighted by Crippen LogP contribution is 2.33. The maximum atomic E-state index is 12.5. The molecule has 0 spiro atoms. The van der Waals surface area contributed by atoms with Crippen molar-refractivity contribution in [3.8, 4) is 5.88 Å². The summed E-state index contributed by atoms with van der Waals surface area (Å²) in [6.45, 7) is 1.70. The van der Waals surface area contributed by atoms with E-state index in [9.17, 15) is 13.2 Å². The molecule has 7 heteroatoms. The summed E-state index contributed by atoms with van der Waals surface area (Å²) in [6, 6.07) is 9.91. The Hall–Kier alpha value is -2.08. The van der Waals surface area contributed by atoms with Crippen molar-refractivity contribution < 1.29 is 18.0 Å². The van der Waals surface area contributed by atoms with Crippen molar-refractivity contribution in [2.24, 2.45) is 5.16 Å². The van der Waals surface area contributed by atoms with Gasteiger partial charge < -0.3 is 4.84 Å². The van der Waals surface area contributed by atoms with Crippen molar-refractivity contribution in [3.05, 3.63) is 58.7 Å². The standard InChI is InChI=1S/C14H10ClF3N2O/c1-9(10-5-3-2-4-6-10)20-21-13-12(15)7-11(8-19-13)14(16,17)18/h2-8H,1H3/b20-9+. The van der Waals surface area contributed by atoms with Crippen molar-refractivity contribution in [1.29, 1.82) is 0 Å². The smallest absolute Gasteiger partial charge is 0.335 e. The first-order chi connectivity index (χ1) is 9.88. The highest BCUT2D eigenvalue weighted by Gasteiger charge is 2.31. The van der Waals surface area contributed by atoms with Crippen molar-refractivity contribution in [3.63, 3.8) is 0 Å². The van der Waals surface area contributed by atoms with Crippen LogP contribution in [0.15, 0.2) is 47.8 Å². The van der Waals surface area contributed by atoms with Crippen molar-refractivity contribution >= 4 is 17.3 Å². The molecule has 2 aromatic rings. The van der Waals surface area contributed by atoms with Gasteiger partial charge in [-0.05, 0) is 18.6 Å². The molecule has 1 aromatic carbocycles. The summed E-state index contributed by atoms with van der Waals surface area (Å²) in [7, 11) is 0. The second kappa shape index (κ2) is 6.13. The fraction of sp³-hybridized carbons (Fsp3) is 0.143. The summed E-state index contributed by atoms with van der Waals surface area (Å²) in [5.41, 5.74) is 0.428. The lowest BCUT2D eigenvalue weighted by Gasteiger charge is -2.08. The third-order valence-electron chi connectivity index (χ3n) is 2.60. The molecule has 0 aliphatic carbocycles. The number of hydrogen-bond acceptors (Lipinski definition) is 3. The molecule has 110 valence electrons. The van der Waals surface area contributed by atoms with E-state index in [0.29, 0.717) is 11.9 Å². The summed E-state index contributed by atoms with van der Waals surface area (Å²) in [6.07, 6.45) is -3.85. The maximum absolute atomic E-state index is 12.5. The molecule has 0 saturated carbocycles. The molecule has 0 N–H and O–H groups in total. The Morgan fingerprint density at radius 3 is 2.48 bits per heavy atom. The summed E-state index contributed by atoms with van der Waals surface area (Å²) >= 11 is 5.71. The third-order valence-corrected chi connectivity index (χ3v) is 2.87. The molecule has 0 aliphatic rings. The monoisotopic (exact) mass is 314 g/mol. The van der Waals surface area contributed by atoms with Gasteiger partial charge in [-0.25, -0.2) is 4.98 Å². The highest BCUT2D eigenvalue weighted by molar-refractivity contribution is 6.31. The first-order valence-electron chi connectivity index (χ1n) is 5.87. The average Bonchev–Trinajstić information content (AvgIpc) is 2.45. The predicted octanol–water partition coefficient (Wildman–Crippen LogP) is 4.56. The summed E-state index contributed by atoms with van der Waals surface area (Å²) < 4.78 is 37.4. The molecule has 1 heterocycles. The van der Waals surface area contributed by atoms with Gasteiger partial charge in [-0.15, -0.1) is 0 Å². The van der Waals surface area contributed by atoms with E-state index in [1.807, 2.05) is 30.3 Å². The lowest BCUT2D eigenvalue weighted by Crippen LogP contribution is -2.06. The van der Waals surface area contributed by atoms with Crippen LogP contribution in [-0.2, 0) is 6.18 Å². The number of pyridine rings is 1. The van der Waals surface area contributed by atoms with E-state index in [1.165, 1.54) is 0 Å². The summed E-state index contributed by atoms with van der Waals surface area (Å²) in [5.74, 6) is -0.181. The van der Waals surface area contributed by atoms with Gasteiger partial charge in [0.15, 0.2) is 0 Å². The maximum Gasteiger partial charge on any atom is 0.417 e. The van der Waals surface area contributed by atoms with Crippen LogP contribution >= 0.6 is 11.6 Å². The first-order valence-corrected chi connectivity index (χ1v) is 6.25. The van der Waals surface area contributed by atoms with E-state index in [4.69, 9.17) is 16.4 Å². The zero-order valence-corrected chi connectivity index (χ0v) is 11.6. The van der Waals surface area contributed by atoms with Gasteiger partial charge in [-0.3, -0.25) is 0 Å². The van der Waals surface area contributed by atoms with Gasteiger partial charge in [0.2, 0.25) is 0 Å². The molecule has 21 heavy (non-hydrogen) atoms. The van der Waals surface area contributed by atoms with Crippen molar-refractivity contribution in [2.75, 3.05) is 0 Å². The van der Waals surface area contributed by atoms with Gasteiger partial charge >= 0.3 is 6.18 Å². The third kappa shape index (κ3) is 3.95. The van der Waals surface area contributed by atoms with E-state index in [2.05, 4.69) is 10.1 Å². The number of hydrogen-bond donors (Lipinski definition) is 0. The van der Waals surface area contributed by atoms with Crippen molar-refractivity contribution in [2.45, 2.75) is 13.1 Å². The average molecular weight is 315 g/mol. The molecule has 0 saturated heterocycles. The van der Waals surface area contributed by atoms with Gasteiger partial charge in [0.25, 0.3) is 5.88 Å². The Bertz CT molecular complexity index is 657. The lowest BCUT2D eigenvalue weighted by molar-refractivity contribution is -0.137. The van der Waals surface area contributed by atoms with Crippen LogP contribution in [0, 0.1) is 0 Å². The Balaban J connectivity index is 2.17. The summed E-state index contributed by atoms with van der Waals surface area (Å²) in [5, 5.41) is 3.55. The Morgan fingerprint density at radius 2 is 1.90 bits per heavy atom. The van der Waals surface area contributed by atoms with Crippen LogP contribution in [0.3, 0.4) is 0 Å². The van der Waals surface area contributed by atoms with Gasteiger partial charge in [0.1, 0.15) is 5.02 Å². The molecular weight excluding hydrogens is 305 g/mol. The lowest BCUT2D eigenvalue weighted by atomic mass is 10.1. The van der Waals surface area contributed by atoms with E-state index in [-0.39, 0.29) is 10.9 Å². The molecule has 0 unspecified atom stereocenters. The SMILES string of the molecule is C/C(=N\Oc1ncc(C(F)(F)F)cc1Cl)c1ccccc1. The fourth-order valence-corrected chi connectivity index (χ4v) is 1.69. The summed E-state index contributed by atoms with van der Waals surface area (Å²) in [4.78, 5) is 8.53. The molecule has 2 rings (SSSR count). The number of aromatic nitrogens is 1. The largest absolute Gasteiger partial charge is 0.417 e. The van der Waals surface area contributed by atoms with E-state index >= 15 is 0 Å². The first kappa shape index (κ1) is 15.3. The Kier molecular flexibility index (Phi) is 4.47. The molecular formula is C14H10ClF3N2O. The number of oxime groups is 1.